The molecule has 1 rings (SSSR count). The molecule has 0 fully saturated rings. The van der Waals surface area contributed by atoms with Crippen molar-refractivity contribution >= 4 is 17.3 Å². The monoisotopic (exact) mass is 241 g/mol. The Labute approximate surface area is 96.8 Å². The van der Waals surface area contributed by atoms with Crippen LogP contribution in [0.25, 0.3) is 0 Å². The van der Waals surface area contributed by atoms with Gasteiger partial charge in [0.1, 0.15) is 17.0 Å². The van der Waals surface area contributed by atoms with Gasteiger partial charge in [0.25, 0.3) is 5.69 Å². The van der Waals surface area contributed by atoms with Gasteiger partial charge in [-0.25, -0.2) is 4.39 Å². The highest BCUT2D eigenvalue weighted by molar-refractivity contribution is 5.87. The fourth-order valence-electron chi connectivity index (χ4n) is 1.16. The molecule has 6 nitrogen and oxygen atoms in total. The number of nitrogens with one attached hydrogen (secondary N) is 1. The molecule has 0 saturated heterocycles. The molecule has 0 aliphatic carbocycles. The van der Waals surface area contributed by atoms with Gasteiger partial charge in [-0.1, -0.05) is 0 Å². The Morgan fingerprint density at radius 3 is 2.59 bits per heavy atom. The van der Waals surface area contributed by atoms with Crippen molar-refractivity contribution in [3.8, 4) is 0 Å². The van der Waals surface area contributed by atoms with Crippen LogP contribution in [0.5, 0.6) is 0 Å². The molecule has 92 valence electrons. The van der Waals surface area contributed by atoms with Crippen molar-refractivity contribution in [2.45, 2.75) is 19.4 Å². The average Bonchev–Trinajstić information content (AvgIpc) is 2.19. The molecule has 0 radical (unpaired) electrons. The van der Waals surface area contributed by atoms with Crippen molar-refractivity contribution in [3.05, 3.63) is 34.1 Å². The number of rotatable bonds is 4. The van der Waals surface area contributed by atoms with E-state index in [1.807, 2.05) is 0 Å². The molecule has 0 saturated carbocycles. The van der Waals surface area contributed by atoms with E-state index in [4.69, 9.17) is 5.73 Å². The normalized spacial score (nSPS) is 11.0. The van der Waals surface area contributed by atoms with Gasteiger partial charge in [0.15, 0.2) is 0 Å². The molecular weight excluding hydrogens is 229 g/mol. The van der Waals surface area contributed by atoms with Crippen molar-refractivity contribution in [3.63, 3.8) is 0 Å². The Bertz CT molecular complexity index is 474. The third-order valence-corrected chi connectivity index (χ3v) is 2.22. The number of primary amides is 1. The van der Waals surface area contributed by atoms with Gasteiger partial charge in [-0.2, -0.15) is 0 Å². The zero-order valence-electron chi connectivity index (χ0n) is 9.36. The van der Waals surface area contributed by atoms with E-state index >= 15 is 0 Å². The SMILES string of the molecule is CC(C)(Nc1ccc(F)cc1[N+](=O)[O-])C(N)=O. The van der Waals surface area contributed by atoms with Gasteiger partial charge in [-0.3, -0.25) is 14.9 Å². The lowest BCUT2D eigenvalue weighted by Gasteiger charge is -2.23. The molecule has 0 spiro atoms. The maximum atomic E-state index is 12.9. The zero-order chi connectivity index (χ0) is 13.2. The van der Waals surface area contributed by atoms with Crippen LogP contribution < -0.4 is 11.1 Å². The highest BCUT2D eigenvalue weighted by Gasteiger charge is 2.27. The number of hydrogen-bond acceptors (Lipinski definition) is 4. The molecule has 1 aromatic carbocycles. The molecule has 0 aliphatic rings. The Hall–Kier alpha value is -2.18. The minimum Gasteiger partial charge on any atom is -0.368 e. The average molecular weight is 241 g/mol. The molecule has 0 heterocycles. The number of benzene rings is 1. The van der Waals surface area contributed by atoms with Crippen LogP contribution in [0, 0.1) is 15.9 Å². The number of carbonyl (C=O) groups is 1. The summed E-state index contributed by atoms with van der Waals surface area (Å²) >= 11 is 0. The van der Waals surface area contributed by atoms with E-state index < -0.39 is 27.9 Å². The van der Waals surface area contributed by atoms with Crippen LogP contribution in [-0.4, -0.2) is 16.4 Å². The highest BCUT2D eigenvalue weighted by Crippen LogP contribution is 2.27. The second kappa shape index (κ2) is 4.36. The third-order valence-electron chi connectivity index (χ3n) is 2.22. The van der Waals surface area contributed by atoms with Gasteiger partial charge in [0.05, 0.1) is 11.0 Å². The van der Waals surface area contributed by atoms with E-state index in [9.17, 15) is 19.3 Å². The van der Waals surface area contributed by atoms with Crippen LogP contribution in [0.4, 0.5) is 15.8 Å². The smallest absolute Gasteiger partial charge is 0.295 e. The Kier molecular flexibility index (Phi) is 3.31. The molecule has 0 unspecified atom stereocenters. The number of hydrogen-bond donors (Lipinski definition) is 2. The molecule has 7 heteroatoms. The first kappa shape index (κ1) is 12.9. The summed E-state index contributed by atoms with van der Waals surface area (Å²) in [5.74, 6) is -1.39. The predicted octanol–water partition coefficient (Wildman–Crippen LogP) is 1.41. The van der Waals surface area contributed by atoms with Crippen molar-refractivity contribution in [1.82, 2.24) is 0 Å². The summed E-state index contributed by atoms with van der Waals surface area (Å²) in [7, 11) is 0. The first-order valence-corrected chi connectivity index (χ1v) is 4.76. The maximum absolute atomic E-state index is 12.9. The van der Waals surface area contributed by atoms with E-state index in [0.717, 1.165) is 12.1 Å². The Morgan fingerprint density at radius 1 is 1.53 bits per heavy atom. The highest BCUT2D eigenvalue weighted by atomic mass is 19.1. The van der Waals surface area contributed by atoms with Gasteiger partial charge in [-0.15, -0.1) is 0 Å². The number of carbonyl (C=O) groups excluding carboxylic acids is 1. The number of nitrogens with zero attached hydrogens (tertiary/aromatic N) is 1. The number of nitro groups is 1. The molecular formula is C10H12FN3O3. The zero-order valence-corrected chi connectivity index (χ0v) is 9.36. The number of nitro benzene ring substituents is 1. The van der Waals surface area contributed by atoms with Crippen molar-refractivity contribution < 1.29 is 14.1 Å². The lowest BCUT2D eigenvalue weighted by atomic mass is 10.0. The number of anilines is 1. The van der Waals surface area contributed by atoms with Crippen LogP contribution in [-0.2, 0) is 4.79 Å². The summed E-state index contributed by atoms with van der Waals surface area (Å²) in [6.45, 7) is 2.95. The minimum absolute atomic E-state index is 0.0419. The van der Waals surface area contributed by atoms with Crippen LogP contribution in [0.3, 0.4) is 0 Å². The molecule has 0 aliphatic heterocycles. The standard InChI is InChI=1S/C10H12FN3O3/c1-10(2,9(12)15)13-7-4-3-6(11)5-8(7)14(16)17/h3-5,13H,1-2H3,(H2,12,15). The van der Waals surface area contributed by atoms with Crippen LogP contribution in [0.2, 0.25) is 0 Å². The molecule has 1 amide bonds. The molecule has 0 atom stereocenters. The van der Waals surface area contributed by atoms with E-state index in [1.165, 1.54) is 19.9 Å². The summed E-state index contributed by atoms with van der Waals surface area (Å²) in [4.78, 5) is 21.1. The van der Waals surface area contributed by atoms with E-state index in [-0.39, 0.29) is 5.69 Å². The first-order chi connectivity index (χ1) is 7.74. The lowest BCUT2D eigenvalue weighted by Crippen LogP contribution is -2.45. The molecule has 0 aromatic heterocycles. The van der Waals surface area contributed by atoms with Gasteiger partial charge in [-0.05, 0) is 26.0 Å². The molecule has 1 aromatic rings. The number of nitrogens with two attached hydrogens (primary N) is 1. The first-order valence-electron chi connectivity index (χ1n) is 4.76. The van der Waals surface area contributed by atoms with Crippen LogP contribution in [0.15, 0.2) is 18.2 Å². The third kappa shape index (κ3) is 2.90. The summed E-state index contributed by atoms with van der Waals surface area (Å²) in [5, 5.41) is 13.3. The van der Waals surface area contributed by atoms with Gasteiger partial charge >= 0.3 is 0 Å². The van der Waals surface area contributed by atoms with Crippen molar-refractivity contribution in [2.75, 3.05) is 5.32 Å². The van der Waals surface area contributed by atoms with Gasteiger partial charge < -0.3 is 11.1 Å². The summed E-state index contributed by atoms with van der Waals surface area (Å²) in [5.41, 5.74) is 3.56. The topological polar surface area (TPSA) is 98.3 Å². The largest absolute Gasteiger partial charge is 0.368 e. The Morgan fingerprint density at radius 2 is 2.12 bits per heavy atom. The van der Waals surface area contributed by atoms with Crippen molar-refractivity contribution in [2.24, 2.45) is 5.73 Å². The summed E-state index contributed by atoms with van der Waals surface area (Å²) in [6.07, 6.45) is 0. The molecule has 3 N–H and O–H groups in total. The number of amides is 1. The van der Waals surface area contributed by atoms with Crippen molar-refractivity contribution in [1.29, 1.82) is 0 Å². The fraction of sp³-hybridized carbons (Fsp3) is 0.300. The Balaban J connectivity index is 3.15. The quantitative estimate of drug-likeness (QED) is 0.615. The number of halogens is 1. The fourth-order valence-corrected chi connectivity index (χ4v) is 1.16. The van der Waals surface area contributed by atoms with E-state index in [0.29, 0.717) is 0 Å². The van der Waals surface area contributed by atoms with E-state index in [2.05, 4.69) is 5.32 Å². The summed E-state index contributed by atoms with van der Waals surface area (Å²) < 4.78 is 12.9. The maximum Gasteiger partial charge on any atom is 0.295 e. The lowest BCUT2D eigenvalue weighted by molar-refractivity contribution is -0.384. The van der Waals surface area contributed by atoms with Gasteiger partial charge in [0.2, 0.25) is 5.91 Å². The second-order valence-electron chi connectivity index (χ2n) is 4.03. The molecule has 0 bridgehead atoms. The van der Waals surface area contributed by atoms with Crippen LogP contribution in [0.1, 0.15) is 13.8 Å². The second-order valence-corrected chi connectivity index (χ2v) is 4.03. The van der Waals surface area contributed by atoms with Crippen LogP contribution >= 0.6 is 0 Å². The van der Waals surface area contributed by atoms with Gasteiger partial charge in [0, 0.05) is 0 Å². The molecule has 17 heavy (non-hydrogen) atoms. The summed E-state index contributed by atoms with van der Waals surface area (Å²) in [6, 6.07) is 3.03. The predicted molar refractivity (Wildman–Crippen MR) is 60.0 cm³/mol. The van der Waals surface area contributed by atoms with E-state index in [1.54, 1.807) is 0 Å². The minimum atomic E-state index is -1.16.